The van der Waals surface area contributed by atoms with E-state index in [0.29, 0.717) is 13.1 Å². The SMILES string of the molecule is NC1CCCC2CN(S(=O)(=O)c3ccc(Cl)c(F)c3Cl)CC12. The predicted molar refractivity (Wildman–Crippen MR) is 84.0 cm³/mol. The van der Waals surface area contributed by atoms with Crippen LogP contribution in [0.15, 0.2) is 17.0 Å². The lowest BCUT2D eigenvalue weighted by Crippen LogP contribution is -2.38. The number of halogens is 3. The van der Waals surface area contributed by atoms with Crippen molar-refractivity contribution in [3.8, 4) is 0 Å². The van der Waals surface area contributed by atoms with Gasteiger partial charge in [0.2, 0.25) is 10.0 Å². The summed E-state index contributed by atoms with van der Waals surface area (Å²) in [4.78, 5) is -0.233. The van der Waals surface area contributed by atoms with E-state index in [9.17, 15) is 12.8 Å². The van der Waals surface area contributed by atoms with Crippen molar-refractivity contribution >= 4 is 33.2 Å². The number of sulfonamides is 1. The zero-order chi connectivity index (χ0) is 16.1. The monoisotopic (exact) mass is 366 g/mol. The second kappa shape index (κ2) is 5.91. The van der Waals surface area contributed by atoms with Crippen molar-refractivity contribution < 1.29 is 12.8 Å². The largest absolute Gasteiger partial charge is 0.327 e. The molecule has 1 aromatic rings. The average molecular weight is 367 g/mol. The van der Waals surface area contributed by atoms with E-state index in [1.807, 2.05) is 0 Å². The lowest BCUT2D eigenvalue weighted by molar-refractivity contribution is 0.260. The fourth-order valence-electron chi connectivity index (χ4n) is 3.52. The van der Waals surface area contributed by atoms with Gasteiger partial charge in [-0.25, -0.2) is 12.8 Å². The molecule has 3 rings (SSSR count). The molecule has 0 bridgehead atoms. The van der Waals surface area contributed by atoms with Crippen LogP contribution in [-0.4, -0.2) is 31.9 Å². The molecule has 1 aromatic carbocycles. The summed E-state index contributed by atoms with van der Waals surface area (Å²) in [5.74, 6) is -0.466. The quantitative estimate of drug-likeness (QED) is 0.818. The highest BCUT2D eigenvalue weighted by atomic mass is 35.5. The molecule has 1 saturated carbocycles. The Morgan fingerprint density at radius 2 is 1.95 bits per heavy atom. The molecule has 0 radical (unpaired) electrons. The van der Waals surface area contributed by atoms with Crippen molar-refractivity contribution in [2.75, 3.05) is 13.1 Å². The van der Waals surface area contributed by atoms with Gasteiger partial charge in [0.25, 0.3) is 0 Å². The van der Waals surface area contributed by atoms with E-state index in [2.05, 4.69) is 0 Å². The molecule has 22 heavy (non-hydrogen) atoms. The molecule has 0 spiro atoms. The molecule has 0 amide bonds. The Morgan fingerprint density at radius 3 is 2.64 bits per heavy atom. The third-order valence-corrected chi connectivity index (χ3v) is 7.39. The minimum atomic E-state index is -3.84. The lowest BCUT2D eigenvalue weighted by Gasteiger charge is -2.29. The summed E-state index contributed by atoms with van der Waals surface area (Å²) in [7, 11) is -3.84. The maximum absolute atomic E-state index is 13.8. The van der Waals surface area contributed by atoms with Crippen molar-refractivity contribution in [2.45, 2.75) is 30.2 Å². The van der Waals surface area contributed by atoms with Gasteiger partial charge >= 0.3 is 0 Å². The van der Waals surface area contributed by atoms with Crippen LogP contribution in [0.5, 0.6) is 0 Å². The number of rotatable bonds is 2. The van der Waals surface area contributed by atoms with Crippen molar-refractivity contribution in [1.29, 1.82) is 0 Å². The zero-order valence-electron chi connectivity index (χ0n) is 11.8. The minimum absolute atomic E-state index is 0.0244. The second-order valence-corrected chi connectivity index (χ2v) is 8.71. The molecule has 3 unspecified atom stereocenters. The summed E-state index contributed by atoms with van der Waals surface area (Å²) in [5.41, 5.74) is 6.11. The van der Waals surface area contributed by atoms with Crippen LogP contribution in [0.4, 0.5) is 4.39 Å². The number of nitrogens with zero attached hydrogens (tertiary/aromatic N) is 1. The van der Waals surface area contributed by atoms with Crippen LogP contribution in [-0.2, 0) is 10.0 Å². The molecule has 1 heterocycles. The number of hydrogen-bond acceptors (Lipinski definition) is 3. The fourth-order valence-corrected chi connectivity index (χ4v) is 5.77. The lowest BCUT2D eigenvalue weighted by atomic mass is 9.78. The van der Waals surface area contributed by atoms with Crippen LogP contribution >= 0.6 is 23.2 Å². The van der Waals surface area contributed by atoms with Crippen LogP contribution in [0.3, 0.4) is 0 Å². The zero-order valence-corrected chi connectivity index (χ0v) is 14.1. The molecular formula is C14H17Cl2FN2O2S. The Labute approximate surface area is 139 Å². The first kappa shape index (κ1) is 16.5. The Morgan fingerprint density at radius 1 is 1.23 bits per heavy atom. The van der Waals surface area contributed by atoms with Gasteiger partial charge in [0, 0.05) is 19.1 Å². The molecule has 2 fully saturated rings. The van der Waals surface area contributed by atoms with Gasteiger partial charge in [-0.15, -0.1) is 0 Å². The van der Waals surface area contributed by atoms with E-state index in [1.165, 1.54) is 16.4 Å². The standard InChI is InChI=1S/C14H17Cl2FN2O2S/c15-10-4-5-12(13(16)14(10)17)22(20,21)19-6-8-2-1-3-11(18)9(8)7-19/h4-5,8-9,11H,1-3,6-7,18H2. The van der Waals surface area contributed by atoms with Crippen molar-refractivity contribution in [3.05, 3.63) is 28.0 Å². The number of nitrogens with two attached hydrogens (primary N) is 1. The third kappa shape index (κ3) is 2.65. The van der Waals surface area contributed by atoms with Gasteiger partial charge in [-0.2, -0.15) is 4.31 Å². The Kier molecular flexibility index (Phi) is 4.42. The van der Waals surface area contributed by atoms with Gasteiger partial charge < -0.3 is 5.73 Å². The van der Waals surface area contributed by atoms with Gasteiger partial charge in [-0.05, 0) is 36.8 Å². The van der Waals surface area contributed by atoms with E-state index in [0.717, 1.165) is 19.3 Å². The first-order chi connectivity index (χ1) is 10.3. The molecule has 2 N–H and O–H groups in total. The molecule has 122 valence electrons. The van der Waals surface area contributed by atoms with E-state index in [-0.39, 0.29) is 27.8 Å². The number of hydrogen-bond donors (Lipinski definition) is 1. The topological polar surface area (TPSA) is 63.4 Å². The maximum atomic E-state index is 13.8. The summed E-state index contributed by atoms with van der Waals surface area (Å²) >= 11 is 11.5. The highest BCUT2D eigenvalue weighted by Crippen LogP contribution is 2.39. The molecule has 8 heteroatoms. The smallest absolute Gasteiger partial charge is 0.244 e. The van der Waals surface area contributed by atoms with Crippen molar-refractivity contribution in [2.24, 2.45) is 17.6 Å². The van der Waals surface area contributed by atoms with Gasteiger partial charge in [0.1, 0.15) is 4.90 Å². The van der Waals surface area contributed by atoms with Gasteiger partial charge in [-0.3, -0.25) is 0 Å². The Bertz CT molecular complexity index is 698. The average Bonchev–Trinajstić information content (AvgIpc) is 2.91. The molecule has 3 atom stereocenters. The van der Waals surface area contributed by atoms with Crippen LogP contribution in [0.2, 0.25) is 10.0 Å². The summed E-state index contributed by atoms with van der Waals surface area (Å²) in [6.07, 6.45) is 2.92. The highest BCUT2D eigenvalue weighted by molar-refractivity contribution is 7.89. The normalized spacial score (nSPS) is 29.5. The summed E-state index contributed by atoms with van der Waals surface area (Å²) in [5, 5.41) is -0.646. The van der Waals surface area contributed by atoms with Crippen molar-refractivity contribution in [3.63, 3.8) is 0 Å². The second-order valence-electron chi connectivity index (χ2n) is 6.01. The van der Waals surface area contributed by atoms with Gasteiger partial charge in [0.15, 0.2) is 5.82 Å². The molecule has 0 aromatic heterocycles. The number of fused-ring (bicyclic) bond motifs is 1. The van der Waals surface area contributed by atoms with Crippen LogP contribution in [0.1, 0.15) is 19.3 Å². The van der Waals surface area contributed by atoms with E-state index < -0.39 is 20.9 Å². The van der Waals surface area contributed by atoms with Crippen LogP contribution < -0.4 is 5.73 Å². The molecule has 1 aliphatic heterocycles. The number of benzene rings is 1. The Hall–Kier alpha value is -0.400. The molecule has 1 aliphatic carbocycles. The van der Waals surface area contributed by atoms with Crippen LogP contribution in [0, 0.1) is 17.7 Å². The Balaban J connectivity index is 1.93. The fraction of sp³-hybridized carbons (Fsp3) is 0.571. The minimum Gasteiger partial charge on any atom is -0.327 e. The first-order valence-corrected chi connectivity index (χ1v) is 9.41. The van der Waals surface area contributed by atoms with Crippen molar-refractivity contribution in [1.82, 2.24) is 4.31 Å². The summed E-state index contributed by atoms with van der Waals surface area (Å²) in [6, 6.07) is 2.49. The van der Waals surface area contributed by atoms with E-state index in [4.69, 9.17) is 28.9 Å². The molecule has 1 saturated heterocycles. The third-order valence-electron chi connectivity index (χ3n) is 4.74. The van der Waals surface area contributed by atoms with Gasteiger partial charge in [-0.1, -0.05) is 29.6 Å². The van der Waals surface area contributed by atoms with E-state index in [1.54, 1.807) is 0 Å². The maximum Gasteiger partial charge on any atom is 0.244 e. The molecule has 2 aliphatic rings. The molecule has 4 nitrogen and oxygen atoms in total. The predicted octanol–water partition coefficient (Wildman–Crippen LogP) is 2.88. The summed E-state index contributed by atoms with van der Waals surface area (Å²) < 4.78 is 40.7. The first-order valence-electron chi connectivity index (χ1n) is 7.21. The highest BCUT2D eigenvalue weighted by Gasteiger charge is 2.43. The summed E-state index contributed by atoms with van der Waals surface area (Å²) in [6.45, 7) is 0.788. The van der Waals surface area contributed by atoms with E-state index >= 15 is 0 Å². The molecular weight excluding hydrogens is 350 g/mol. The van der Waals surface area contributed by atoms with Gasteiger partial charge in [0.05, 0.1) is 10.0 Å². The van der Waals surface area contributed by atoms with Crippen LogP contribution in [0.25, 0.3) is 0 Å².